The molecule has 0 radical (unpaired) electrons. The fourth-order valence-electron chi connectivity index (χ4n) is 2.30. The number of ether oxygens (including phenoxy) is 2. The van der Waals surface area contributed by atoms with E-state index in [0.29, 0.717) is 12.4 Å². The van der Waals surface area contributed by atoms with Crippen LogP contribution in [0, 0.1) is 0 Å². The highest BCUT2D eigenvalue weighted by molar-refractivity contribution is 5.79. The van der Waals surface area contributed by atoms with Gasteiger partial charge in [-0.25, -0.2) is 0 Å². The van der Waals surface area contributed by atoms with E-state index in [2.05, 4.69) is 5.32 Å². The van der Waals surface area contributed by atoms with Gasteiger partial charge in [0.05, 0.1) is 19.1 Å². The van der Waals surface area contributed by atoms with Crippen LogP contribution in [0.5, 0.6) is 11.5 Å². The maximum atomic E-state index is 12.1. The first-order chi connectivity index (χ1) is 12.1. The summed E-state index contributed by atoms with van der Waals surface area (Å²) in [6.07, 6.45) is -0.196. The average Bonchev–Trinajstić information content (AvgIpc) is 2.61. The molecule has 6 nitrogen and oxygen atoms in total. The smallest absolute Gasteiger partial charge is 0.305 e. The zero-order valence-electron chi connectivity index (χ0n) is 14.0. The van der Waals surface area contributed by atoms with Crippen molar-refractivity contribution in [2.45, 2.75) is 19.4 Å². The zero-order chi connectivity index (χ0) is 18.1. The van der Waals surface area contributed by atoms with E-state index in [1.165, 1.54) is 0 Å². The van der Waals surface area contributed by atoms with Gasteiger partial charge in [0, 0.05) is 0 Å². The first kappa shape index (κ1) is 18.3. The predicted molar refractivity (Wildman–Crippen MR) is 92.7 cm³/mol. The Balaban J connectivity index is 1.91. The third-order valence-electron chi connectivity index (χ3n) is 3.42. The molecule has 0 spiro atoms. The van der Waals surface area contributed by atoms with Crippen LogP contribution in [0.25, 0.3) is 0 Å². The first-order valence-corrected chi connectivity index (χ1v) is 8.00. The number of hydrogen-bond donors (Lipinski definition) is 2. The summed E-state index contributed by atoms with van der Waals surface area (Å²) in [7, 11) is 0. The number of rotatable bonds is 9. The minimum Gasteiger partial charge on any atom is -0.494 e. The lowest BCUT2D eigenvalue weighted by Gasteiger charge is -2.17. The van der Waals surface area contributed by atoms with Crippen molar-refractivity contribution in [2.75, 3.05) is 13.2 Å². The highest BCUT2D eigenvalue weighted by Crippen LogP contribution is 2.18. The first-order valence-electron chi connectivity index (χ1n) is 8.00. The summed E-state index contributed by atoms with van der Waals surface area (Å²) in [5.41, 5.74) is 0.735. The number of benzene rings is 2. The zero-order valence-corrected chi connectivity index (χ0v) is 14.0. The normalized spacial score (nSPS) is 11.4. The van der Waals surface area contributed by atoms with Crippen LogP contribution >= 0.6 is 0 Å². The predicted octanol–water partition coefficient (Wildman–Crippen LogP) is 2.80. The lowest BCUT2D eigenvalue weighted by atomic mass is 10.0. The summed E-state index contributed by atoms with van der Waals surface area (Å²) in [4.78, 5) is 23.1. The van der Waals surface area contributed by atoms with Gasteiger partial charge in [0.2, 0.25) is 0 Å². The van der Waals surface area contributed by atoms with E-state index in [4.69, 9.17) is 14.6 Å². The van der Waals surface area contributed by atoms with Crippen molar-refractivity contribution in [3.8, 4) is 11.5 Å². The molecule has 0 fully saturated rings. The Morgan fingerprint density at radius 1 is 1.00 bits per heavy atom. The van der Waals surface area contributed by atoms with Crippen molar-refractivity contribution in [3.05, 3.63) is 60.2 Å². The van der Waals surface area contributed by atoms with Crippen molar-refractivity contribution in [1.29, 1.82) is 0 Å². The van der Waals surface area contributed by atoms with Crippen LogP contribution in [0.15, 0.2) is 54.6 Å². The second-order valence-corrected chi connectivity index (χ2v) is 5.32. The lowest BCUT2D eigenvalue weighted by molar-refractivity contribution is -0.137. The highest BCUT2D eigenvalue weighted by atomic mass is 16.5. The lowest BCUT2D eigenvalue weighted by Crippen LogP contribution is -2.33. The van der Waals surface area contributed by atoms with E-state index in [1.807, 2.05) is 13.0 Å². The fourth-order valence-corrected chi connectivity index (χ4v) is 2.30. The molecular weight excluding hydrogens is 322 g/mol. The number of hydrogen-bond acceptors (Lipinski definition) is 4. The number of nitrogens with one attached hydrogen (secondary N) is 1. The van der Waals surface area contributed by atoms with Gasteiger partial charge in [0.1, 0.15) is 11.5 Å². The van der Waals surface area contributed by atoms with Crippen molar-refractivity contribution < 1.29 is 24.2 Å². The molecule has 2 N–H and O–H groups in total. The second-order valence-electron chi connectivity index (χ2n) is 5.32. The molecule has 2 aromatic rings. The largest absolute Gasteiger partial charge is 0.494 e. The molecule has 0 aliphatic carbocycles. The van der Waals surface area contributed by atoms with Gasteiger partial charge in [-0.05, 0) is 36.8 Å². The topological polar surface area (TPSA) is 84.9 Å². The molecule has 0 aliphatic heterocycles. The van der Waals surface area contributed by atoms with Gasteiger partial charge in [-0.2, -0.15) is 0 Å². The summed E-state index contributed by atoms with van der Waals surface area (Å²) in [6, 6.07) is 15.3. The standard InChI is InChI=1S/C19H21NO5/c1-2-24-15-8-10-16(11-9-15)25-13-18(21)20-17(12-19(22)23)14-6-4-3-5-7-14/h3-11,17H,2,12-13H2,1H3,(H,20,21)(H,22,23). The minimum atomic E-state index is -0.985. The molecule has 0 aliphatic rings. The van der Waals surface area contributed by atoms with Crippen LogP contribution in [-0.4, -0.2) is 30.2 Å². The number of aliphatic carboxylic acids is 1. The molecule has 1 atom stereocenters. The van der Waals surface area contributed by atoms with Crippen LogP contribution < -0.4 is 14.8 Å². The van der Waals surface area contributed by atoms with Gasteiger partial charge in [0.25, 0.3) is 5.91 Å². The minimum absolute atomic E-state index is 0.196. The molecule has 0 saturated heterocycles. The molecule has 6 heteroatoms. The van der Waals surface area contributed by atoms with Crippen LogP contribution in [-0.2, 0) is 9.59 Å². The van der Waals surface area contributed by atoms with E-state index >= 15 is 0 Å². The number of carbonyl (C=O) groups excluding carboxylic acids is 1. The van der Waals surface area contributed by atoms with Crippen molar-refractivity contribution in [1.82, 2.24) is 5.32 Å². The Morgan fingerprint density at radius 3 is 2.16 bits per heavy atom. The molecule has 0 saturated carbocycles. The van der Waals surface area contributed by atoms with Gasteiger partial charge in [-0.15, -0.1) is 0 Å². The van der Waals surface area contributed by atoms with Crippen LogP contribution in [0.3, 0.4) is 0 Å². The third kappa shape index (κ3) is 6.18. The molecular formula is C19H21NO5. The van der Waals surface area contributed by atoms with Crippen LogP contribution in [0.4, 0.5) is 0 Å². The van der Waals surface area contributed by atoms with Gasteiger partial charge in [0.15, 0.2) is 6.61 Å². The molecule has 132 valence electrons. The fraction of sp³-hybridized carbons (Fsp3) is 0.263. The van der Waals surface area contributed by atoms with Crippen LogP contribution in [0.1, 0.15) is 24.9 Å². The Kier molecular flexibility index (Phi) is 6.83. The van der Waals surface area contributed by atoms with Crippen molar-refractivity contribution in [2.24, 2.45) is 0 Å². The van der Waals surface area contributed by atoms with Gasteiger partial charge in [-0.1, -0.05) is 30.3 Å². The average molecular weight is 343 g/mol. The Bertz CT molecular complexity index is 685. The quantitative estimate of drug-likeness (QED) is 0.731. The summed E-state index contributed by atoms with van der Waals surface area (Å²) >= 11 is 0. The molecule has 0 heterocycles. The molecule has 0 aromatic heterocycles. The summed E-state index contributed by atoms with van der Waals surface area (Å²) < 4.78 is 10.8. The SMILES string of the molecule is CCOc1ccc(OCC(=O)NC(CC(=O)O)c2ccccc2)cc1. The Morgan fingerprint density at radius 2 is 1.60 bits per heavy atom. The third-order valence-corrected chi connectivity index (χ3v) is 3.42. The molecule has 1 amide bonds. The summed E-state index contributed by atoms with van der Waals surface area (Å²) in [5, 5.41) is 11.7. The summed E-state index contributed by atoms with van der Waals surface area (Å²) in [5.74, 6) is -0.108. The van der Waals surface area contributed by atoms with Crippen molar-refractivity contribution >= 4 is 11.9 Å². The van der Waals surface area contributed by atoms with E-state index in [-0.39, 0.29) is 18.9 Å². The number of carboxylic acids is 1. The monoisotopic (exact) mass is 343 g/mol. The Labute approximate surface area is 146 Å². The van der Waals surface area contributed by atoms with Crippen molar-refractivity contribution in [3.63, 3.8) is 0 Å². The van der Waals surface area contributed by atoms with Gasteiger partial charge >= 0.3 is 5.97 Å². The highest BCUT2D eigenvalue weighted by Gasteiger charge is 2.18. The molecule has 2 aromatic carbocycles. The molecule has 2 rings (SSSR count). The maximum absolute atomic E-state index is 12.1. The van der Waals surface area contributed by atoms with Crippen LogP contribution in [0.2, 0.25) is 0 Å². The van der Waals surface area contributed by atoms with Gasteiger partial charge in [-0.3, -0.25) is 9.59 Å². The number of carboxylic acid groups (broad SMARTS) is 1. The van der Waals surface area contributed by atoms with E-state index in [9.17, 15) is 9.59 Å². The van der Waals surface area contributed by atoms with E-state index < -0.39 is 12.0 Å². The second kappa shape index (κ2) is 9.32. The van der Waals surface area contributed by atoms with Gasteiger partial charge < -0.3 is 19.9 Å². The molecule has 25 heavy (non-hydrogen) atoms. The Hall–Kier alpha value is -3.02. The van der Waals surface area contributed by atoms with E-state index in [0.717, 1.165) is 11.3 Å². The molecule has 0 bridgehead atoms. The number of carbonyl (C=O) groups is 2. The number of amides is 1. The maximum Gasteiger partial charge on any atom is 0.305 e. The molecule has 1 unspecified atom stereocenters. The summed E-state index contributed by atoms with van der Waals surface area (Å²) in [6.45, 7) is 2.28. The van der Waals surface area contributed by atoms with E-state index in [1.54, 1.807) is 48.5 Å².